The number of nitrogens with two attached hydrogens (primary N) is 1. The second-order valence-electron chi connectivity index (χ2n) is 2.32. The highest BCUT2D eigenvalue weighted by Crippen LogP contribution is 1.91. The summed E-state index contributed by atoms with van der Waals surface area (Å²) < 4.78 is 0. The Balaban J connectivity index is 3.02. The first-order valence-corrected chi connectivity index (χ1v) is 3.88. The molecule has 0 atom stereocenters. The van der Waals surface area contributed by atoms with E-state index in [0.29, 0.717) is 5.96 Å². The Kier molecular flexibility index (Phi) is 6.82. The predicted molar refractivity (Wildman–Crippen MR) is 46.5 cm³/mol. The second kappa shape index (κ2) is 7.34. The van der Waals surface area contributed by atoms with Crippen LogP contribution in [0.15, 0.2) is 4.99 Å². The summed E-state index contributed by atoms with van der Waals surface area (Å²) in [6.07, 6.45) is 2.92. The summed E-state index contributed by atoms with van der Waals surface area (Å²) in [5.41, 5.74) is 5.38. The van der Waals surface area contributed by atoms with Gasteiger partial charge in [0.05, 0.1) is 0 Å². The largest absolute Gasteiger partial charge is 0.396 e. The van der Waals surface area contributed by atoms with Crippen molar-refractivity contribution in [3.8, 4) is 0 Å². The molecule has 11 heavy (non-hydrogen) atoms. The van der Waals surface area contributed by atoms with Crippen molar-refractivity contribution >= 4 is 5.96 Å². The molecule has 4 N–H and O–H groups in total. The standard InChI is InChI=1S/C7H17N3O/c1-9-7(8)10-5-3-2-4-6-11/h11H,2-6H2,1H3,(H3,8,9,10). The monoisotopic (exact) mass is 159 g/mol. The zero-order chi connectivity index (χ0) is 8.53. The number of nitrogens with one attached hydrogen (secondary N) is 1. The Morgan fingerprint density at radius 2 is 2.18 bits per heavy atom. The van der Waals surface area contributed by atoms with E-state index in [2.05, 4.69) is 10.3 Å². The van der Waals surface area contributed by atoms with Gasteiger partial charge in [-0.1, -0.05) is 0 Å². The molecule has 0 amide bonds. The van der Waals surface area contributed by atoms with Crippen LogP contribution in [0.3, 0.4) is 0 Å². The zero-order valence-electron chi connectivity index (χ0n) is 7.01. The molecule has 0 aromatic rings. The number of aliphatic imine (C=N–C) groups is 1. The summed E-state index contributed by atoms with van der Waals surface area (Å²) in [6.45, 7) is 1.11. The summed E-state index contributed by atoms with van der Waals surface area (Å²) in [7, 11) is 1.65. The Morgan fingerprint density at radius 3 is 2.73 bits per heavy atom. The third kappa shape index (κ3) is 7.12. The number of guanidine groups is 1. The molecule has 0 aromatic heterocycles. The van der Waals surface area contributed by atoms with E-state index in [4.69, 9.17) is 10.8 Å². The minimum absolute atomic E-state index is 0.275. The lowest BCUT2D eigenvalue weighted by Crippen LogP contribution is -2.32. The average molecular weight is 159 g/mol. The van der Waals surface area contributed by atoms with Crippen LogP contribution in [0.5, 0.6) is 0 Å². The number of aliphatic hydroxyl groups excluding tert-OH is 1. The van der Waals surface area contributed by atoms with Crippen LogP contribution in [0, 0.1) is 0 Å². The van der Waals surface area contributed by atoms with Gasteiger partial charge in [0.25, 0.3) is 0 Å². The molecular formula is C7H17N3O. The van der Waals surface area contributed by atoms with E-state index in [1.165, 1.54) is 0 Å². The molecule has 4 heteroatoms. The maximum absolute atomic E-state index is 8.45. The van der Waals surface area contributed by atoms with Gasteiger partial charge in [-0.25, -0.2) is 0 Å². The first-order chi connectivity index (χ1) is 5.31. The van der Waals surface area contributed by atoms with Gasteiger partial charge < -0.3 is 16.2 Å². The van der Waals surface area contributed by atoms with Crippen molar-refractivity contribution in [2.45, 2.75) is 19.3 Å². The van der Waals surface area contributed by atoms with Crippen LogP contribution >= 0.6 is 0 Å². The van der Waals surface area contributed by atoms with Crippen molar-refractivity contribution in [1.29, 1.82) is 0 Å². The third-order valence-corrected chi connectivity index (χ3v) is 1.38. The van der Waals surface area contributed by atoms with Gasteiger partial charge in [0, 0.05) is 20.2 Å². The second-order valence-corrected chi connectivity index (χ2v) is 2.32. The lowest BCUT2D eigenvalue weighted by Gasteiger charge is -2.02. The molecule has 66 valence electrons. The van der Waals surface area contributed by atoms with E-state index in [-0.39, 0.29) is 6.61 Å². The maximum Gasteiger partial charge on any atom is 0.188 e. The SMILES string of the molecule is CN=C(N)NCCCCCO. The number of hydrogen-bond donors (Lipinski definition) is 3. The lowest BCUT2D eigenvalue weighted by atomic mass is 10.2. The molecule has 0 aromatic carbocycles. The zero-order valence-corrected chi connectivity index (χ0v) is 7.01. The normalized spacial score (nSPS) is 11.6. The maximum atomic E-state index is 8.45. The van der Waals surface area contributed by atoms with E-state index < -0.39 is 0 Å². The molecular weight excluding hydrogens is 142 g/mol. The van der Waals surface area contributed by atoms with Gasteiger partial charge in [-0.2, -0.15) is 0 Å². The van der Waals surface area contributed by atoms with Gasteiger partial charge in [-0.15, -0.1) is 0 Å². The molecule has 0 heterocycles. The van der Waals surface area contributed by atoms with Crippen molar-refractivity contribution in [3.05, 3.63) is 0 Å². The highest BCUT2D eigenvalue weighted by Gasteiger charge is 1.89. The first-order valence-electron chi connectivity index (χ1n) is 3.88. The molecule has 0 radical (unpaired) electrons. The van der Waals surface area contributed by atoms with Crippen molar-refractivity contribution in [3.63, 3.8) is 0 Å². The molecule has 0 unspecified atom stereocenters. The van der Waals surface area contributed by atoms with Crippen LogP contribution in [-0.2, 0) is 0 Å². The van der Waals surface area contributed by atoms with Crippen molar-refractivity contribution in [2.24, 2.45) is 10.7 Å². The van der Waals surface area contributed by atoms with Crippen LogP contribution in [0.1, 0.15) is 19.3 Å². The molecule has 0 saturated heterocycles. The third-order valence-electron chi connectivity index (χ3n) is 1.38. The van der Waals surface area contributed by atoms with Gasteiger partial charge in [0.1, 0.15) is 0 Å². The van der Waals surface area contributed by atoms with E-state index in [0.717, 1.165) is 25.8 Å². The number of unbranched alkanes of at least 4 members (excludes halogenated alkanes) is 2. The topological polar surface area (TPSA) is 70.6 Å². The van der Waals surface area contributed by atoms with E-state index >= 15 is 0 Å². The van der Waals surface area contributed by atoms with Crippen LogP contribution in [0.4, 0.5) is 0 Å². The fraction of sp³-hybridized carbons (Fsp3) is 0.857. The minimum Gasteiger partial charge on any atom is -0.396 e. The molecule has 0 aliphatic heterocycles. The van der Waals surface area contributed by atoms with Crippen LogP contribution < -0.4 is 11.1 Å². The summed E-state index contributed by atoms with van der Waals surface area (Å²) in [4.78, 5) is 3.74. The Labute approximate surface area is 67.5 Å². The van der Waals surface area contributed by atoms with Gasteiger partial charge in [0.15, 0.2) is 5.96 Å². The van der Waals surface area contributed by atoms with Crippen LogP contribution in [0.2, 0.25) is 0 Å². The Hall–Kier alpha value is -0.770. The van der Waals surface area contributed by atoms with Crippen molar-refractivity contribution < 1.29 is 5.11 Å². The van der Waals surface area contributed by atoms with Crippen LogP contribution in [0.25, 0.3) is 0 Å². The molecule has 0 bridgehead atoms. The molecule has 0 saturated carbocycles. The molecule has 0 spiro atoms. The van der Waals surface area contributed by atoms with Gasteiger partial charge >= 0.3 is 0 Å². The molecule has 0 aliphatic rings. The molecule has 0 rings (SSSR count). The number of hydrogen-bond acceptors (Lipinski definition) is 2. The predicted octanol–water partition coefficient (Wildman–Crippen LogP) is -0.317. The van der Waals surface area contributed by atoms with Crippen molar-refractivity contribution in [2.75, 3.05) is 20.2 Å². The minimum atomic E-state index is 0.275. The summed E-state index contributed by atoms with van der Waals surface area (Å²) >= 11 is 0. The van der Waals surface area contributed by atoms with Gasteiger partial charge in [-0.3, -0.25) is 4.99 Å². The highest BCUT2D eigenvalue weighted by molar-refractivity contribution is 5.77. The quantitative estimate of drug-likeness (QED) is 0.292. The smallest absolute Gasteiger partial charge is 0.188 e. The van der Waals surface area contributed by atoms with Crippen molar-refractivity contribution in [1.82, 2.24) is 5.32 Å². The molecule has 4 nitrogen and oxygen atoms in total. The number of aliphatic hydroxyl groups is 1. The fourth-order valence-corrected chi connectivity index (χ4v) is 0.709. The Morgan fingerprint density at radius 1 is 1.45 bits per heavy atom. The number of nitrogens with zero attached hydrogens (tertiary/aromatic N) is 1. The highest BCUT2D eigenvalue weighted by atomic mass is 16.2. The number of rotatable bonds is 5. The Bertz CT molecular complexity index is 114. The van der Waals surface area contributed by atoms with Gasteiger partial charge in [-0.05, 0) is 19.3 Å². The fourth-order valence-electron chi connectivity index (χ4n) is 0.709. The molecule has 0 aliphatic carbocycles. The summed E-state index contributed by atoms with van der Waals surface area (Å²) in [6, 6.07) is 0. The van der Waals surface area contributed by atoms with Gasteiger partial charge in [0.2, 0.25) is 0 Å². The van der Waals surface area contributed by atoms with Crippen LogP contribution in [-0.4, -0.2) is 31.3 Å². The average Bonchev–Trinajstić information content (AvgIpc) is 2.04. The van der Waals surface area contributed by atoms with E-state index in [1.54, 1.807) is 7.05 Å². The molecule has 0 fully saturated rings. The summed E-state index contributed by atoms with van der Waals surface area (Å²) in [5.74, 6) is 0.481. The van der Waals surface area contributed by atoms with E-state index in [1.807, 2.05) is 0 Å². The summed E-state index contributed by atoms with van der Waals surface area (Å²) in [5, 5.41) is 11.4. The first kappa shape index (κ1) is 10.2. The van der Waals surface area contributed by atoms with E-state index in [9.17, 15) is 0 Å². The lowest BCUT2D eigenvalue weighted by molar-refractivity contribution is 0.283.